The Labute approximate surface area is 242 Å². The first kappa shape index (κ1) is 29.6. The first-order valence-corrected chi connectivity index (χ1v) is 13.9. The molecule has 0 spiro atoms. The van der Waals surface area contributed by atoms with Crippen molar-refractivity contribution in [1.29, 1.82) is 0 Å². The Bertz CT molecular complexity index is 1390. The highest BCUT2D eigenvalue weighted by molar-refractivity contribution is 6.11. The van der Waals surface area contributed by atoms with Crippen molar-refractivity contribution in [2.75, 3.05) is 61.6 Å². The summed E-state index contributed by atoms with van der Waals surface area (Å²) in [5, 5.41) is 2.74. The number of alkyl halides is 3. The van der Waals surface area contributed by atoms with Gasteiger partial charge in [0.25, 0.3) is 5.91 Å². The van der Waals surface area contributed by atoms with Crippen molar-refractivity contribution < 1.29 is 27.5 Å². The lowest BCUT2D eigenvalue weighted by Crippen LogP contribution is -2.55. The molecule has 1 N–H and O–H groups in total. The molecule has 5 rings (SSSR count). The maximum atomic E-state index is 13.8. The molecule has 0 radical (unpaired) electrons. The number of rotatable bonds is 5. The third-order valence-electron chi connectivity index (χ3n) is 8.12. The standard InChI is InChI=1S/C29H34F3N7O3/c1-17-9-25(39-15-18(2)37(4)19(3)16-39)24(36-27(41)22-14-33-26(40)11-23(22)29(30,31)32)10-21(17)20-12-34-28(35-13-20)38-5-7-42-8-6-38/h9-14,18-19,22H,5-8,15-16H2,1-4H3,(H,36,41)/t18-,19+,22?. The van der Waals surface area contributed by atoms with Crippen molar-refractivity contribution in [2.24, 2.45) is 10.9 Å². The fourth-order valence-corrected chi connectivity index (χ4v) is 5.52. The summed E-state index contributed by atoms with van der Waals surface area (Å²) in [6, 6.07) is 4.10. The minimum Gasteiger partial charge on any atom is -0.378 e. The number of benzene rings is 1. The third kappa shape index (κ3) is 6.16. The molecule has 0 bridgehead atoms. The second-order valence-electron chi connectivity index (χ2n) is 11.0. The molecule has 3 atom stereocenters. The Hall–Kier alpha value is -3.84. The van der Waals surface area contributed by atoms with E-state index in [0.717, 1.165) is 17.3 Å². The van der Waals surface area contributed by atoms with Gasteiger partial charge in [0.15, 0.2) is 0 Å². The van der Waals surface area contributed by atoms with Crippen LogP contribution in [0, 0.1) is 12.8 Å². The molecular formula is C29H34F3N7O3. The van der Waals surface area contributed by atoms with Crippen LogP contribution < -0.4 is 15.1 Å². The summed E-state index contributed by atoms with van der Waals surface area (Å²) in [7, 11) is 2.05. The second-order valence-corrected chi connectivity index (χ2v) is 11.0. The van der Waals surface area contributed by atoms with E-state index in [4.69, 9.17) is 4.74 Å². The highest BCUT2D eigenvalue weighted by atomic mass is 19.4. The number of ether oxygens (including phenoxy) is 1. The van der Waals surface area contributed by atoms with Crippen LogP contribution >= 0.6 is 0 Å². The number of amides is 2. The molecular weight excluding hydrogens is 551 g/mol. The molecule has 2 amide bonds. The molecule has 10 nitrogen and oxygen atoms in total. The zero-order chi connectivity index (χ0) is 30.2. The number of anilines is 3. The fourth-order valence-electron chi connectivity index (χ4n) is 5.52. The summed E-state index contributed by atoms with van der Waals surface area (Å²) in [5.74, 6) is -3.16. The molecule has 0 saturated carbocycles. The number of aromatic nitrogens is 2. The molecule has 4 heterocycles. The predicted octanol–water partition coefficient (Wildman–Crippen LogP) is 3.47. The molecule has 42 heavy (non-hydrogen) atoms. The number of aryl methyl sites for hydroxylation is 1. The molecule has 2 aromatic rings. The average molecular weight is 586 g/mol. The number of piperazine rings is 1. The molecule has 1 aromatic carbocycles. The van der Waals surface area contributed by atoms with Crippen LogP contribution in [0.15, 0.2) is 41.2 Å². The van der Waals surface area contributed by atoms with E-state index in [9.17, 15) is 22.8 Å². The van der Waals surface area contributed by atoms with Gasteiger partial charge in [0.2, 0.25) is 11.9 Å². The number of hydrogen-bond donors (Lipinski definition) is 1. The van der Waals surface area contributed by atoms with Crippen LogP contribution in [0.25, 0.3) is 11.1 Å². The topological polar surface area (TPSA) is 103 Å². The van der Waals surface area contributed by atoms with Gasteiger partial charge in [0, 0.05) is 68.5 Å². The molecule has 3 aliphatic heterocycles. The SMILES string of the molecule is Cc1cc(N2C[C@@H](C)N(C)[C@@H](C)C2)c(NC(=O)C2C=NC(=O)C=C2C(F)(F)F)cc1-c1cnc(N2CCOCC2)nc1. The number of nitrogens with one attached hydrogen (secondary N) is 1. The van der Waals surface area contributed by atoms with Gasteiger partial charge >= 0.3 is 6.18 Å². The van der Waals surface area contributed by atoms with Crippen molar-refractivity contribution in [2.45, 2.75) is 39.0 Å². The fraction of sp³-hybridized carbons (Fsp3) is 0.483. The molecule has 1 unspecified atom stereocenters. The Balaban J connectivity index is 1.51. The van der Waals surface area contributed by atoms with Gasteiger partial charge in [-0.15, -0.1) is 0 Å². The normalized spacial score (nSPS) is 23.6. The number of hydrogen-bond acceptors (Lipinski definition) is 8. The summed E-state index contributed by atoms with van der Waals surface area (Å²) in [6.45, 7) is 10.0. The molecule has 0 aliphatic carbocycles. The van der Waals surface area contributed by atoms with E-state index in [1.165, 1.54) is 0 Å². The third-order valence-corrected chi connectivity index (χ3v) is 8.12. The zero-order valence-electron chi connectivity index (χ0n) is 24.0. The van der Waals surface area contributed by atoms with Crippen molar-refractivity contribution in [1.82, 2.24) is 14.9 Å². The first-order chi connectivity index (χ1) is 19.9. The van der Waals surface area contributed by atoms with Crippen LogP contribution in [0.5, 0.6) is 0 Å². The second kappa shape index (κ2) is 11.8. The monoisotopic (exact) mass is 585 g/mol. The summed E-state index contributed by atoms with van der Waals surface area (Å²) in [4.78, 5) is 44.0. The van der Waals surface area contributed by atoms with Crippen LogP contribution in [0.3, 0.4) is 0 Å². The predicted molar refractivity (Wildman–Crippen MR) is 154 cm³/mol. The number of carbonyl (C=O) groups excluding carboxylic acids is 2. The maximum absolute atomic E-state index is 13.8. The molecule has 2 saturated heterocycles. The Morgan fingerprint density at radius 1 is 1.05 bits per heavy atom. The van der Waals surface area contributed by atoms with Crippen LogP contribution in [-0.2, 0) is 14.3 Å². The van der Waals surface area contributed by atoms with E-state index in [1.807, 2.05) is 17.9 Å². The lowest BCUT2D eigenvalue weighted by Gasteiger charge is -2.44. The Kier molecular flexibility index (Phi) is 8.33. The van der Waals surface area contributed by atoms with Crippen molar-refractivity contribution in [3.63, 3.8) is 0 Å². The van der Waals surface area contributed by atoms with E-state index in [2.05, 4.69) is 51.0 Å². The summed E-state index contributed by atoms with van der Waals surface area (Å²) < 4.78 is 46.7. The summed E-state index contributed by atoms with van der Waals surface area (Å²) in [6.07, 6.45) is -0.325. The number of halogens is 3. The van der Waals surface area contributed by atoms with Crippen LogP contribution in [0.1, 0.15) is 19.4 Å². The Morgan fingerprint density at radius 2 is 1.69 bits per heavy atom. The van der Waals surface area contributed by atoms with E-state index < -0.39 is 29.5 Å². The number of carbonyl (C=O) groups is 2. The van der Waals surface area contributed by atoms with Gasteiger partial charge in [0.1, 0.15) is 5.92 Å². The minimum absolute atomic E-state index is 0.203. The zero-order valence-corrected chi connectivity index (χ0v) is 24.0. The van der Waals surface area contributed by atoms with Gasteiger partial charge < -0.3 is 19.9 Å². The van der Waals surface area contributed by atoms with Gasteiger partial charge in [-0.3, -0.25) is 14.5 Å². The van der Waals surface area contributed by atoms with Gasteiger partial charge in [-0.2, -0.15) is 13.2 Å². The lowest BCUT2D eigenvalue weighted by molar-refractivity contribution is -0.124. The number of aliphatic imine (C=N–C) groups is 1. The molecule has 1 aromatic heterocycles. The highest BCUT2D eigenvalue weighted by Crippen LogP contribution is 2.38. The van der Waals surface area contributed by atoms with E-state index in [-0.39, 0.29) is 12.1 Å². The number of nitrogens with zero attached hydrogens (tertiary/aromatic N) is 6. The van der Waals surface area contributed by atoms with Crippen LogP contribution in [-0.4, -0.2) is 97.6 Å². The minimum atomic E-state index is -4.87. The largest absolute Gasteiger partial charge is 0.414 e. The first-order valence-electron chi connectivity index (χ1n) is 13.9. The highest BCUT2D eigenvalue weighted by Gasteiger charge is 2.43. The average Bonchev–Trinajstić information content (AvgIpc) is 2.96. The van der Waals surface area contributed by atoms with Crippen molar-refractivity contribution >= 4 is 35.4 Å². The molecule has 224 valence electrons. The van der Waals surface area contributed by atoms with Gasteiger partial charge in [-0.25, -0.2) is 15.0 Å². The summed E-state index contributed by atoms with van der Waals surface area (Å²) >= 11 is 0. The van der Waals surface area contributed by atoms with Gasteiger partial charge in [-0.05, 0) is 51.1 Å². The number of likely N-dealkylation sites (N-methyl/N-ethyl adjacent to an activating group) is 1. The Morgan fingerprint density at radius 3 is 2.31 bits per heavy atom. The maximum Gasteiger partial charge on any atom is 0.414 e. The summed E-state index contributed by atoms with van der Waals surface area (Å²) in [5.41, 5.74) is 2.13. The van der Waals surface area contributed by atoms with Crippen LogP contribution in [0.4, 0.5) is 30.5 Å². The molecule has 3 aliphatic rings. The van der Waals surface area contributed by atoms with E-state index in [0.29, 0.717) is 68.4 Å². The van der Waals surface area contributed by atoms with Gasteiger partial charge in [0.05, 0.1) is 30.2 Å². The van der Waals surface area contributed by atoms with Gasteiger partial charge in [-0.1, -0.05) is 0 Å². The lowest BCUT2D eigenvalue weighted by atomic mass is 9.95. The van der Waals surface area contributed by atoms with Crippen molar-refractivity contribution in [3.05, 3.63) is 41.7 Å². The van der Waals surface area contributed by atoms with E-state index in [1.54, 1.807) is 18.5 Å². The molecule has 2 fully saturated rings. The smallest absolute Gasteiger partial charge is 0.378 e. The number of morpholine rings is 1. The quantitative estimate of drug-likeness (QED) is 0.569. The van der Waals surface area contributed by atoms with Crippen molar-refractivity contribution in [3.8, 4) is 11.1 Å². The number of dihydropyridines is 1. The molecule has 13 heteroatoms. The van der Waals surface area contributed by atoms with Crippen LogP contribution in [0.2, 0.25) is 0 Å². The van der Waals surface area contributed by atoms with E-state index >= 15 is 0 Å².